The molecule has 6 rings (SSSR count). The molecule has 1 atom stereocenters. The maximum atomic E-state index is 2.74. The molecule has 3 heteroatoms. The standard InChI is InChI=1S/C38H59NP2/c1-39(2)38(35-27-17-29-37(35)41(32-22-11-5-12-23-32)33-24-13-6-14-25-33)34-26-15-16-28-36(34)40(30-18-7-3-8-19-30)31-20-9-4-10-21-31/h15-16,26-33,38H,3-14,17-25H2,1-2H3. The largest absolute Gasteiger partial charge is 0.299 e. The summed E-state index contributed by atoms with van der Waals surface area (Å²) in [5.74, 6) is 0. The first-order valence-electron chi connectivity index (χ1n) is 17.9. The number of nitrogens with zero attached hydrogens (tertiary/aromatic N) is 1. The fourth-order valence-corrected chi connectivity index (χ4v) is 17.6. The normalized spacial score (nSPS) is 25.2. The maximum absolute atomic E-state index is 2.74. The Balaban J connectivity index is 1.37. The van der Waals surface area contributed by atoms with Crippen molar-refractivity contribution in [2.24, 2.45) is 0 Å². The lowest BCUT2D eigenvalue weighted by Gasteiger charge is -2.43. The van der Waals surface area contributed by atoms with Crippen LogP contribution in [0.15, 0.2) is 47.3 Å². The van der Waals surface area contributed by atoms with E-state index in [2.05, 4.69) is 55.4 Å². The third-order valence-corrected chi connectivity index (χ3v) is 18.6. The molecule has 0 radical (unpaired) electrons. The second kappa shape index (κ2) is 15.0. The predicted molar refractivity (Wildman–Crippen MR) is 185 cm³/mol. The topological polar surface area (TPSA) is 3.24 Å². The molecule has 0 saturated heterocycles. The number of benzene rings is 1. The van der Waals surface area contributed by atoms with Gasteiger partial charge in [0.05, 0.1) is 6.04 Å². The van der Waals surface area contributed by atoms with Gasteiger partial charge in [-0.1, -0.05) is 129 Å². The van der Waals surface area contributed by atoms with Gasteiger partial charge in [0.25, 0.3) is 0 Å². The van der Waals surface area contributed by atoms with Gasteiger partial charge in [-0.2, -0.15) is 0 Å². The molecular weight excluding hydrogens is 532 g/mol. The van der Waals surface area contributed by atoms with E-state index >= 15 is 0 Å². The van der Waals surface area contributed by atoms with Crippen LogP contribution < -0.4 is 5.30 Å². The second-order valence-electron chi connectivity index (χ2n) is 14.4. The van der Waals surface area contributed by atoms with Crippen LogP contribution in [0.25, 0.3) is 0 Å². The Morgan fingerprint density at radius 3 is 1.46 bits per heavy atom. The summed E-state index contributed by atoms with van der Waals surface area (Å²) < 4.78 is 0. The Labute approximate surface area is 255 Å². The van der Waals surface area contributed by atoms with Crippen LogP contribution in [0.5, 0.6) is 0 Å². The zero-order chi connectivity index (χ0) is 28.0. The van der Waals surface area contributed by atoms with E-state index in [1.54, 1.807) is 11.1 Å². The molecule has 0 heterocycles. The smallest absolute Gasteiger partial charge is 0.0606 e. The molecule has 0 bridgehead atoms. The number of hydrogen-bond donors (Lipinski definition) is 0. The van der Waals surface area contributed by atoms with Gasteiger partial charge < -0.3 is 0 Å². The molecule has 1 nitrogen and oxygen atoms in total. The van der Waals surface area contributed by atoms with Gasteiger partial charge in [-0.05, 0) is 116 Å². The second-order valence-corrected chi connectivity index (χ2v) is 19.9. The zero-order valence-electron chi connectivity index (χ0n) is 26.5. The fraction of sp³-hybridized carbons (Fsp3) is 0.737. The van der Waals surface area contributed by atoms with Gasteiger partial charge in [0.2, 0.25) is 0 Å². The molecule has 4 fully saturated rings. The molecule has 0 aliphatic heterocycles. The maximum Gasteiger partial charge on any atom is 0.0606 e. The number of allylic oxidation sites excluding steroid dienone is 2. The molecule has 4 saturated carbocycles. The summed E-state index contributed by atoms with van der Waals surface area (Å²) in [6.45, 7) is 0. The van der Waals surface area contributed by atoms with Gasteiger partial charge in [0.1, 0.15) is 0 Å². The summed E-state index contributed by atoms with van der Waals surface area (Å²) in [6.07, 6.45) is 36.3. The van der Waals surface area contributed by atoms with E-state index in [1.165, 1.54) is 135 Å². The Morgan fingerprint density at radius 1 is 0.561 bits per heavy atom. The summed E-state index contributed by atoms with van der Waals surface area (Å²) in [5, 5.41) is 3.68. The van der Waals surface area contributed by atoms with Crippen molar-refractivity contribution in [2.75, 3.05) is 14.1 Å². The third kappa shape index (κ3) is 7.10. The minimum Gasteiger partial charge on any atom is -0.299 e. The van der Waals surface area contributed by atoms with Gasteiger partial charge in [-0.3, -0.25) is 4.90 Å². The quantitative estimate of drug-likeness (QED) is 0.258. The Kier molecular flexibility index (Phi) is 11.2. The monoisotopic (exact) mass is 591 g/mol. The van der Waals surface area contributed by atoms with Crippen LogP contribution in [0.4, 0.5) is 0 Å². The Bertz CT molecular complexity index is 982. The van der Waals surface area contributed by atoms with Gasteiger partial charge in [-0.15, -0.1) is 0 Å². The first kappa shape index (κ1) is 30.5. The van der Waals surface area contributed by atoms with Crippen LogP contribution in [0, 0.1) is 0 Å². The summed E-state index contributed by atoms with van der Waals surface area (Å²) in [7, 11) is 4.62. The summed E-state index contributed by atoms with van der Waals surface area (Å²) in [6, 6.07) is 10.4. The number of hydrogen-bond acceptors (Lipinski definition) is 1. The van der Waals surface area contributed by atoms with E-state index in [4.69, 9.17) is 0 Å². The Hall–Kier alpha value is -0.480. The molecule has 5 aliphatic carbocycles. The first-order chi connectivity index (χ1) is 20.2. The van der Waals surface area contributed by atoms with Crippen molar-refractivity contribution in [3.63, 3.8) is 0 Å². The third-order valence-electron chi connectivity index (χ3n) is 11.4. The van der Waals surface area contributed by atoms with Crippen molar-refractivity contribution in [3.8, 4) is 0 Å². The molecule has 226 valence electrons. The summed E-state index contributed by atoms with van der Waals surface area (Å²) in [5.41, 5.74) is 7.32. The van der Waals surface area contributed by atoms with Gasteiger partial charge in [0, 0.05) is 0 Å². The lowest BCUT2D eigenvalue weighted by atomic mass is 9.97. The van der Waals surface area contributed by atoms with Crippen molar-refractivity contribution >= 4 is 21.1 Å². The van der Waals surface area contributed by atoms with Gasteiger partial charge in [-0.25, -0.2) is 0 Å². The molecule has 1 unspecified atom stereocenters. The first-order valence-corrected chi connectivity index (χ1v) is 20.9. The molecule has 1 aromatic rings. The van der Waals surface area contributed by atoms with Gasteiger partial charge in [0.15, 0.2) is 0 Å². The molecule has 0 spiro atoms. The minimum atomic E-state index is -0.106. The van der Waals surface area contributed by atoms with Crippen molar-refractivity contribution < 1.29 is 0 Å². The number of likely N-dealkylation sites (N-methyl/N-ethyl adjacent to an activating group) is 1. The lowest BCUT2D eigenvalue weighted by molar-refractivity contribution is 0.342. The van der Waals surface area contributed by atoms with E-state index in [-0.39, 0.29) is 15.8 Å². The highest BCUT2D eigenvalue weighted by Crippen LogP contribution is 2.65. The van der Waals surface area contributed by atoms with Crippen LogP contribution in [0.3, 0.4) is 0 Å². The van der Waals surface area contributed by atoms with E-state index in [0.717, 1.165) is 22.6 Å². The fourth-order valence-electron chi connectivity index (χ4n) is 9.52. The SMILES string of the molecule is CN(C)C(C1=CCC=C1P(C1CCCCC1)C1CCCCC1)c1ccccc1P(C1CCCCC1)C1CCCCC1. The van der Waals surface area contributed by atoms with Crippen molar-refractivity contribution in [1.29, 1.82) is 0 Å². The average Bonchev–Trinajstić information content (AvgIpc) is 3.49. The molecule has 0 aromatic heterocycles. The molecule has 41 heavy (non-hydrogen) atoms. The zero-order valence-corrected chi connectivity index (χ0v) is 28.3. The van der Waals surface area contributed by atoms with Crippen molar-refractivity contribution in [2.45, 2.75) is 164 Å². The minimum absolute atomic E-state index is 0.0628. The van der Waals surface area contributed by atoms with Gasteiger partial charge >= 0.3 is 0 Å². The summed E-state index contributed by atoms with van der Waals surface area (Å²) >= 11 is 0. The van der Waals surface area contributed by atoms with E-state index in [1.807, 2.05) is 10.6 Å². The van der Waals surface area contributed by atoms with Crippen LogP contribution in [-0.4, -0.2) is 41.6 Å². The molecule has 0 amide bonds. The molecular formula is C38H59NP2. The molecule has 5 aliphatic rings. The van der Waals surface area contributed by atoms with Crippen LogP contribution in [-0.2, 0) is 0 Å². The van der Waals surface area contributed by atoms with E-state index in [0.29, 0.717) is 6.04 Å². The predicted octanol–water partition coefficient (Wildman–Crippen LogP) is 11.4. The van der Waals surface area contributed by atoms with Crippen molar-refractivity contribution in [1.82, 2.24) is 4.90 Å². The lowest BCUT2D eigenvalue weighted by Crippen LogP contribution is -2.32. The highest BCUT2D eigenvalue weighted by Gasteiger charge is 2.40. The van der Waals surface area contributed by atoms with Crippen LogP contribution in [0.2, 0.25) is 0 Å². The molecule has 1 aromatic carbocycles. The average molecular weight is 592 g/mol. The van der Waals surface area contributed by atoms with Crippen LogP contribution >= 0.6 is 15.8 Å². The number of rotatable bonds is 9. The van der Waals surface area contributed by atoms with E-state index in [9.17, 15) is 0 Å². The van der Waals surface area contributed by atoms with Crippen LogP contribution in [0.1, 0.15) is 146 Å². The highest BCUT2D eigenvalue weighted by atomic mass is 31.1. The van der Waals surface area contributed by atoms with E-state index < -0.39 is 0 Å². The van der Waals surface area contributed by atoms with Crippen molar-refractivity contribution in [3.05, 3.63) is 52.9 Å². The highest BCUT2D eigenvalue weighted by molar-refractivity contribution is 7.67. The summed E-state index contributed by atoms with van der Waals surface area (Å²) in [4.78, 5) is 2.62. The Morgan fingerprint density at radius 2 is 1.00 bits per heavy atom. The molecule has 0 N–H and O–H groups in total.